The molecule has 2 aromatic heterocycles. The number of hydrogen-bond donors (Lipinski definition) is 2. The highest BCUT2D eigenvalue weighted by Crippen LogP contribution is 2.14. The van der Waals surface area contributed by atoms with Crippen LogP contribution in [-0.2, 0) is 17.6 Å². The van der Waals surface area contributed by atoms with E-state index in [4.69, 9.17) is 4.52 Å². The molecule has 3 aromatic rings. The molecule has 0 aliphatic carbocycles. The molecular formula is C16H16F2N6O2. The minimum absolute atomic E-state index is 0.0473. The van der Waals surface area contributed by atoms with Gasteiger partial charge in [-0.2, -0.15) is 10.1 Å². The standard InChI is InChI=1S/C16H16F2N6O2/c1-9(7-10-11(17)3-2-4-12(10)18)21-13(25)5-6-14-22-16(24-26-14)15-19-8-20-23-15/h2-4,8-9H,5-7H2,1H3,(H,21,25)(H,19,20,23). The van der Waals surface area contributed by atoms with Crippen molar-refractivity contribution in [2.45, 2.75) is 32.2 Å². The van der Waals surface area contributed by atoms with E-state index in [-0.39, 0.29) is 42.4 Å². The zero-order valence-electron chi connectivity index (χ0n) is 13.9. The Kier molecular flexibility index (Phi) is 5.30. The van der Waals surface area contributed by atoms with Crippen LogP contribution >= 0.6 is 0 Å². The van der Waals surface area contributed by atoms with Crippen LogP contribution in [0.25, 0.3) is 11.6 Å². The molecule has 0 aliphatic rings. The molecule has 1 unspecified atom stereocenters. The largest absolute Gasteiger partial charge is 0.353 e. The zero-order valence-corrected chi connectivity index (χ0v) is 13.9. The van der Waals surface area contributed by atoms with Gasteiger partial charge in [0.1, 0.15) is 18.0 Å². The van der Waals surface area contributed by atoms with E-state index in [2.05, 4.69) is 30.6 Å². The number of halogens is 2. The second-order valence-electron chi connectivity index (χ2n) is 5.72. The number of rotatable bonds is 7. The second-order valence-corrected chi connectivity index (χ2v) is 5.72. The van der Waals surface area contributed by atoms with Crippen molar-refractivity contribution in [1.82, 2.24) is 30.6 Å². The molecule has 26 heavy (non-hydrogen) atoms. The molecular weight excluding hydrogens is 346 g/mol. The highest BCUT2D eigenvalue weighted by molar-refractivity contribution is 5.76. The highest BCUT2D eigenvalue weighted by Gasteiger charge is 2.16. The van der Waals surface area contributed by atoms with Crippen molar-refractivity contribution in [2.24, 2.45) is 0 Å². The molecule has 2 N–H and O–H groups in total. The van der Waals surface area contributed by atoms with E-state index in [0.717, 1.165) is 0 Å². The molecule has 1 aromatic carbocycles. The predicted octanol–water partition coefficient (Wildman–Crippen LogP) is 1.81. The van der Waals surface area contributed by atoms with E-state index in [1.807, 2.05) is 0 Å². The molecule has 0 saturated heterocycles. The monoisotopic (exact) mass is 362 g/mol. The van der Waals surface area contributed by atoms with Gasteiger partial charge in [-0.25, -0.2) is 13.8 Å². The van der Waals surface area contributed by atoms with Gasteiger partial charge in [-0.3, -0.25) is 9.89 Å². The minimum Gasteiger partial charge on any atom is -0.353 e. The van der Waals surface area contributed by atoms with Crippen LogP contribution in [0.3, 0.4) is 0 Å². The Balaban J connectivity index is 1.49. The Morgan fingerprint density at radius 1 is 1.35 bits per heavy atom. The Hall–Kier alpha value is -3.17. The van der Waals surface area contributed by atoms with Gasteiger partial charge in [0, 0.05) is 24.4 Å². The van der Waals surface area contributed by atoms with E-state index < -0.39 is 17.7 Å². The lowest BCUT2D eigenvalue weighted by Gasteiger charge is -2.14. The first kappa shape index (κ1) is 17.6. The lowest BCUT2D eigenvalue weighted by Crippen LogP contribution is -2.34. The maximum absolute atomic E-state index is 13.6. The fourth-order valence-corrected chi connectivity index (χ4v) is 2.42. The molecule has 0 spiro atoms. The summed E-state index contributed by atoms with van der Waals surface area (Å²) < 4.78 is 32.3. The van der Waals surface area contributed by atoms with Crippen LogP contribution in [0, 0.1) is 11.6 Å². The Bertz CT molecular complexity index is 861. The summed E-state index contributed by atoms with van der Waals surface area (Å²) in [6.07, 6.45) is 1.70. The summed E-state index contributed by atoms with van der Waals surface area (Å²) >= 11 is 0. The van der Waals surface area contributed by atoms with Crippen molar-refractivity contribution in [3.05, 3.63) is 47.6 Å². The fourth-order valence-electron chi connectivity index (χ4n) is 2.42. The summed E-state index contributed by atoms with van der Waals surface area (Å²) in [5, 5.41) is 12.7. The number of carbonyl (C=O) groups is 1. The summed E-state index contributed by atoms with van der Waals surface area (Å²) in [7, 11) is 0. The van der Waals surface area contributed by atoms with Crippen LogP contribution < -0.4 is 5.32 Å². The highest BCUT2D eigenvalue weighted by atomic mass is 19.1. The van der Waals surface area contributed by atoms with Gasteiger partial charge in [0.2, 0.25) is 17.6 Å². The van der Waals surface area contributed by atoms with Crippen LogP contribution in [0.4, 0.5) is 8.78 Å². The van der Waals surface area contributed by atoms with Crippen LogP contribution in [-0.4, -0.2) is 37.3 Å². The van der Waals surface area contributed by atoms with Gasteiger partial charge >= 0.3 is 0 Å². The summed E-state index contributed by atoms with van der Waals surface area (Å²) in [4.78, 5) is 20.0. The van der Waals surface area contributed by atoms with Crippen LogP contribution in [0.2, 0.25) is 0 Å². The number of aryl methyl sites for hydroxylation is 1. The van der Waals surface area contributed by atoms with Gasteiger partial charge in [0.25, 0.3) is 0 Å². The number of hydrogen-bond acceptors (Lipinski definition) is 6. The van der Waals surface area contributed by atoms with Gasteiger partial charge in [-0.1, -0.05) is 11.2 Å². The van der Waals surface area contributed by atoms with Crippen molar-refractivity contribution in [3.8, 4) is 11.6 Å². The molecule has 3 rings (SSSR count). The molecule has 0 fully saturated rings. The zero-order chi connectivity index (χ0) is 18.5. The molecule has 8 nitrogen and oxygen atoms in total. The minimum atomic E-state index is -0.628. The Morgan fingerprint density at radius 3 is 2.81 bits per heavy atom. The first-order valence-electron chi connectivity index (χ1n) is 7.93. The summed E-state index contributed by atoms with van der Waals surface area (Å²) in [5.41, 5.74) is -0.0473. The van der Waals surface area contributed by atoms with Gasteiger partial charge in [0.05, 0.1) is 0 Å². The van der Waals surface area contributed by atoms with E-state index in [1.165, 1.54) is 24.5 Å². The third-order valence-corrected chi connectivity index (χ3v) is 3.64. The van der Waals surface area contributed by atoms with E-state index in [0.29, 0.717) is 5.82 Å². The molecule has 2 heterocycles. The van der Waals surface area contributed by atoms with Crippen molar-refractivity contribution in [1.29, 1.82) is 0 Å². The Morgan fingerprint density at radius 2 is 2.12 bits per heavy atom. The maximum Gasteiger partial charge on any atom is 0.239 e. The number of aromatic amines is 1. The van der Waals surface area contributed by atoms with Crippen molar-refractivity contribution < 1.29 is 18.1 Å². The molecule has 0 bridgehead atoms. The van der Waals surface area contributed by atoms with Crippen LogP contribution in [0.5, 0.6) is 0 Å². The topological polar surface area (TPSA) is 110 Å². The lowest BCUT2D eigenvalue weighted by atomic mass is 10.1. The lowest BCUT2D eigenvalue weighted by molar-refractivity contribution is -0.121. The quantitative estimate of drug-likeness (QED) is 0.663. The third-order valence-electron chi connectivity index (χ3n) is 3.64. The van der Waals surface area contributed by atoms with Crippen molar-refractivity contribution in [2.75, 3.05) is 0 Å². The maximum atomic E-state index is 13.6. The third kappa shape index (κ3) is 4.26. The number of amides is 1. The summed E-state index contributed by atoms with van der Waals surface area (Å²) in [5.74, 6) is -0.645. The summed E-state index contributed by atoms with van der Waals surface area (Å²) in [6.45, 7) is 1.68. The number of aromatic nitrogens is 5. The SMILES string of the molecule is CC(Cc1c(F)cccc1F)NC(=O)CCc1nc(-c2ncn[nH]2)no1. The number of carbonyl (C=O) groups excluding carboxylic acids is 1. The number of nitrogens with one attached hydrogen (secondary N) is 2. The fraction of sp³-hybridized carbons (Fsp3) is 0.312. The van der Waals surface area contributed by atoms with E-state index in [9.17, 15) is 13.6 Å². The molecule has 1 amide bonds. The van der Waals surface area contributed by atoms with E-state index in [1.54, 1.807) is 6.92 Å². The Labute approximate surface area is 147 Å². The van der Waals surface area contributed by atoms with Crippen LogP contribution in [0.15, 0.2) is 29.0 Å². The molecule has 136 valence electrons. The number of benzene rings is 1. The van der Waals surface area contributed by atoms with Crippen molar-refractivity contribution in [3.63, 3.8) is 0 Å². The molecule has 0 saturated carbocycles. The van der Waals surface area contributed by atoms with Gasteiger partial charge < -0.3 is 9.84 Å². The van der Waals surface area contributed by atoms with Gasteiger partial charge in [0.15, 0.2) is 5.82 Å². The normalized spacial score (nSPS) is 12.1. The molecule has 10 heteroatoms. The second kappa shape index (κ2) is 7.81. The van der Waals surface area contributed by atoms with Crippen molar-refractivity contribution >= 4 is 5.91 Å². The number of nitrogens with zero attached hydrogens (tertiary/aromatic N) is 4. The smallest absolute Gasteiger partial charge is 0.239 e. The molecule has 0 aliphatic heterocycles. The average molecular weight is 362 g/mol. The first-order valence-corrected chi connectivity index (χ1v) is 7.93. The first-order chi connectivity index (χ1) is 12.5. The van der Waals surface area contributed by atoms with E-state index >= 15 is 0 Å². The van der Waals surface area contributed by atoms with Gasteiger partial charge in [-0.05, 0) is 25.5 Å². The number of H-pyrrole nitrogens is 1. The van der Waals surface area contributed by atoms with Crippen LogP contribution in [0.1, 0.15) is 24.8 Å². The molecule has 1 atom stereocenters. The predicted molar refractivity (Wildman–Crippen MR) is 85.7 cm³/mol. The van der Waals surface area contributed by atoms with Gasteiger partial charge in [-0.15, -0.1) is 0 Å². The summed E-state index contributed by atoms with van der Waals surface area (Å²) in [6, 6.07) is 3.25. The average Bonchev–Trinajstić information content (AvgIpc) is 3.27. The molecule has 0 radical (unpaired) electrons.